The molecule has 2 atom stereocenters. The molecule has 1 saturated heterocycles. The van der Waals surface area contributed by atoms with E-state index in [0.717, 1.165) is 31.8 Å². The van der Waals surface area contributed by atoms with Crippen LogP contribution >= 0.6 is 0 Å². The zero-order chi connectivity index (χ0) is 13.8. The molecule has 1 aliphatic heterocycles. The maximum absolute atomic E-state index is 11.1. The minimum atomic E-state index is -0.708. The Morgan fingerprint density at radius 1 is 1.53 bits per heavy atom. The highest BCUT2D eigenvalue weighted by atomic mass is 16.4. The number of hydrogen-bond donors (Lipinski definition) is 1. The molecule has 1 aromatic heterocycles. The summed E-state index contributed by atoms with van der Waals surface area (Å²) in [7, 11) is 0. The van der Waals surface area contributed by atoms with E-state index in [-0.39, 0.29) is 12.0 Å². The Bertz CT molecular complexity index is 434. The zero-order valence-corrected chi connectivity index (χ0v) is 11.5. The van der Waals surface area contributed by atoms with E-state index < -0.39 is 5.97 Å². The van der Waals surface area contributed by atoms with Gasteiger partial charge in [-0.1, -0.05) is 13.3 Å². The van der Waals surface area contributed by atoms with Gasteiger partial charge in [0.05, 0.1) is 12.5 Å². The number of aliphatic carboxylic acids is 1. The summed E-state index contributed by atoms with van der Waals surface area (Å²) in [5.41, 5.74) is 0. The molecule has 1 aromatic rings. The summed E-state index contributed by atoms with van der Waals surface area (Å²) in [5.74, 6) is -0.160. The van der Waals surface area contributed by atoms with Crippen molar-refractivity contribution in [3.05, 3.63) is 5.82 Å². The number of carboxylic acids is 1. The smallest absolute Gasteiger partial charge is 0.308 e. The van der Waals surface area contributed by atoms with Gasteiger partial charge in [-0.2, -0.15) is 0 Å². The summed E-state index contributed by atoms with van der Waals surface area (Å²) in [6, 6.07) is 0.0359. The van der Waals surface area contributed by atoms with Gasteiger partial charge in [0.2, 0.25) is 0 Å². The maximum atomic E-state index is 11.1. The molecular weight excluding hydrogens is 246 g/mol. The monoisotopic (exact) mass is 267 g/mol. The second kappa shape index (κ2) is 6.10. The van der Waals surface area contributed by atoms with Gasteiger partial charge in [-0.3, -0.25) is 9.69 Å². The molecule has 19 heavy (non-hydrogen) atoms. The van der Waals surface area contributed by atoms with E-state index in [1.165, 1.54) is 0 Å². The first kappa shape index (κ1) is 13.9. The fraction of sp³-hybridized carbons (Fsp3) is 0.833. The molecule has 0 bridgehead atoms. The Morgan fingerprint density at radius 3 is 2.95 bits per heavy atom. The van der Waals surface area contributed by atoms with Gasteiger partial charge in [0, 0.05) is 12.6 Å². The average Bonchev–Trinajstić information content (AvgIpc) is 2.95. The highest BCUT2D eigenvalue weighted by Crippen LogP contribution is 2.25. The van der Waals surface area contributed by atoms with Gasteiger partial charge >= 0.3 is 5.97 Å². The summed E-state index contributed by atoms with van der Waals surface area (Å²) in [4.78, 5) is 13.2. The summed E-state index contributed by atoms with van der Waals surface area (Å²) in [6.45, 7) is 6.33. The Balaban J connectivity index is 1.98. The molecule has 2 rings (SSSR count). The van der Waals surface area contributed by atoms with E-state index in [4.69, 9.17) is 5.11 Å². The van der Waals surface area contributed by atoms with Crippen molar-refractivity contribution in [1.29, 1.82) is 0 Å². The van der Waals surface area contributed by atoms with Crippen LogP contribution < -0.4 is 0 Å². The van der Waals surface area contributed by atoms with Crippen molar-refractivity contribution >= 4 is 5.97 Å². The van der Waals surface area contributed by atoms with Crippen molar-refractivity contribution in [3.63, 3.8) is 0 Å². The van der Waals surface area contributed by atoms with Gasteiger partial charge in [0.1, 0.15) is 0 Å². The predicted octanol–water partition coefficient (Wildman–Crippen LogP) is 0.768. The third-order valence-electron chi connectivity index (χ3n) is 3.88. The van der Waals surface area contributed by atoms with Crippen LogP contribution in [0.2, 0.25) is 0 Å². The molecule has 1 aliphatic rings. The minimum Gasteiger partial charge on any atom is -0.481 e. The molecule has 2 heterocycles. The van der Waals surface area contributed by atoms with Crippen LogP contribution in [0, 0.1) is 5.92 Å². The Labute approximate surface area is 112 Å². The quantitative estimate of drug-likeness (QED) is 0.819. The number of tetrazole rings is 1. The highest BCUT2D eigenvalue weighted by molar-refractivity contribution is 5.71. The molecule has 0 saturated carbocycles. The van der Waals surface area contributed by atoms with Crippen molar-refractivity contribution in [3.8, 4) is 0 Å². The van der Waals surface area contributed by atoms with Crippen molar-refractivity contribution in [2.45, 2.75) is 52.2 Å². The lowest BCUT2D eigenvalue weighted by molar-refractivity contribution is -0.142. The second-order valence-corrected chi connectivity index (χ2v) is 5.12. The molecule has 0 radical (unpaired) electrons. The van der Waals surface area contributed by atoms with Crippen LogP contribution in [0.4, 0.5) is 0 Å². The Kier molecular flexibility index (Phi) is 4.47. The largest absolute Gasteiger partial charge is 0.481 e. The number of rotatable bonds is 6. The molecule has 0 aromatic carbocycles. The number of carbonyl (C=O) groups is 1. The normalized spacial score (nSPS) is 23.9. The van der Waals surface area contributed by atoms with Crippen LogP contribution in [0.3, 0.4) is 0 Å². The molecule has 7 nitrogen and oxygen atoms in total. The standard InChI is InChI=1S/C12H21N5O2/c1-3-4-6-17-11(13-14-15-17)8-16-7-5-10(9(16)2)12(18)19/h9-10H,3-8H2,1-2H3,(H,18,19). The molecule has 0 aliphatic carbocycles. The second-order valence-electron chi connectivity index (χ2n) is 5.12. The van der Waals surface area contributed by atoms with E-state index >= 15 is 0 Å². The Hall–Kier alpha value is -1.50. The summed E-state index contributed by atoms with van der Waals surface area (Å²) in [5, 5.41) is 20.9. The van der Waals surface area contributed by atoms with Crippen LogP contribution in [0.5, 0.6) is 0 Å². The number of hydrogen-bond acceptors (Lipinski definition) is 5. The van der Waals surface area contributed by atoms with Gasteiger partial charge < -0.3 is 5.11 Å². The predicted molar refractivity (Wildman–Crippen MR) is 68.3 cm³/mol. The SMILES string of the molecule is CCCCn1nnnc1CN1CCC(C(=O)O)C1C. The third kappa shape index (κ3) is 3.09. The van der Waals surface area contributed by atoms with Crippen molar-refractivity contribution in [1.82, 2.24) is 25.1 Å². The maximum Gasteiger partial charge on any atom is 0.308 e. The molecule has 0 spiro atoms. The number of nitrogens with zero attached hydrogens (tertiary/aromatic N) is 5. The molecule has 1 N–H and O–H groups in total. The summed E-state index contributed by atoms with van der Waals surface area (Å²) >= 11 is 0. The van der Waals surface area contributed by atoms with Crippen LogP contribution in [-0.4, -0.2) is 48.8 Å². The number of likely N-dealkylation sites (tertiary alicyclic amines) is 1. The van der Waals surface area contributed by atoms with E-state index in [9.17, 15) is 4.79 Å². The minimum absolute atomic E-state index is 0.0359. The van der Waals surface area contributed by atoms with E-state index in [1.807, 2.05) is 11.6 Å². The third-order valence-corrected chi connectivity index (χ3v) is 3.88. The molecular formula is C12H21N5O2. The molecule has 2 unspecified atom stereocenters. The van der Waals surface area contributed by atoms with Crippen molar-refractivity contribution in [2.24, 2.45) is 5.92 Å². The molecule has 1 fully saturated rings. The van der Waals surface area contributed by atoms with Crippen LogP contribution in [0.1, 0.15) is 38.9 Å². The fourth-order valence-corrected chi connectivity index (χ4v) is 2.56. The molecule has 0 amide bonds. The lowest BCUT2D eigenvalue weighted by Gasteiger charge is -2.22. The molecule has 7 heteroatoms. The van der Waals surface area contributed by atoms with Gasteiger partial charge in [-0.15, -0.1) is 5.10 Å². The Morgan fingerprint density at radius 2 is 2.32 bits per heavy atom. The fourth-order valence-electron chi connectivity index (χ4n) is 2.56. The van der Waals surface area contributed by atoms with Gasteiger partial charge in [-0.25, -0.2) is 4.68 Å². The number of aryl methyl sites for hydroxylation is 1. The highest BCUT2D eigenvalue weighted by Gasteiger charge is 2.36. The van der Waals surface area contributed by atoms with Crippen molar-refractivity contribution < 1.29 is 9.90 Å². The van der Waals surface area contributed by atoms with E-state index in [2.05, 4.69) is 27.3 Å². The van der Waals surface area contributed by atoms with E-state index in [0.29, 0.717) is 13.0 Å². The first-order valence-corrected chi connectivity index (χ1v) is 6.85. The summed E-state index contributed by atoms with van der Waals surface area (Å²) < 4.78 is 1.82. The van der Waals surface area contributed by atoms with E-state index in [1.54, 1.807) is 0 Å². The number of unbranched alkanes of at least 4 members (excludes halogenated alkanes) is 1. The summed E-state index contributed by atoms with van der Waals surface area (Å²) in [6.07, 6.45) is 2.85. The first-order chi connectivity index (χ1) is 9.13. The van der Waals surface area contributed by atoms with Crippen LogP contribution in [0.25, 0.3) is 0 Å². The topological polar surface area (TPSA) is 84.1 Å². The average molecular weight is 267 g/mol. The molecule has 106 valence electrons. The lowest BCUT2D eigenvalue weighted by Crippen LogP contribution is -2.33. The van der Waals surface area contributed by atoms with Gasteiger partial charge in [0.15, 0.2) is 5.82 Å². The van der Waals surface area contributed by atoms with Gasteiger partial charge in [-0.05, 0) is 36.7 Å². The van der Waals surface area contributed by atoms with Crippen LogP contribution in [-0.2, 0) is 17.9 Å². The lowest BCUT2D eigenvalue weighted by atomic mass is 10.0. The van der Waals surface area contributed by atoms with Crippen LogP contribution in [0.15, 0.2) is 0 Å². The zero-order valence-electron chi connectivity index (χ0n) is 11.5. The van der Waals surface area contributed by atoms with Gasteiger partial charge in [0.25, 0.3) is 0 Å². The van der Waals surface area contributed by atoms with Crippen molar-refractivity contribution in [2.75, 3.05) is 6.54 Å². The first-order valence-electron chi connectivity index (χ1n) is 6.85. The number of aromatic nitrogens is 4. The number of carboxylic acid groups (broad SMARTS) is 1.